The van der Waals surface area contributed by atoms with E-state index in [2.05, 4.69) is 67.9 Å². The van der Waals surface area contributed by atoms with Crippen molar-refractivity contribution in [2.45, 2.75) is 117 Å². The molecule has 0 saturated carbocycles. The number of hydrogen-bond acceptors (Lipinski definition) is 7. The fourth-order valence-electron chi connectivity index (χ4n) is 5.95. The van der Waals surface area contributed by atoms with Gasteiger partial charge in [0.2, 0.25) is 0 Å². The monoisotopic (exact) mass is 633 g/mol. The number of rotatable bonds is 19. The van der Waals surface area contributed by atoms with Crippen molar-refractivity contribution in [2.24, 2.45) is 0 Å². The van der Waals surface area contributed by atoms with Crippen LogP contribution in [0.3, 0.4) is 0 Å². The van der Waals surface area contributed by atoms with Gasteiger partial charge in [0.05, 0.1) is 24.9 Å². The normalized spacial score (nSPS) is 12.4. The zero-order valence-electron chi connectivity index (χ0n) is 28.8. The molecule has 0 aliphatic rings. The smallest absolute Gasteiger partial charge is 0.192 e. The van der Waals surface area contributed by atoms with E-state index in [1.165, 1.54) is 86.9 Å². The van der Waals surface area contributed by atoms with Gasteiger partial charge in [-0.3, -0.25) is 0 Å². The minimum atomic E-state index is -0.184. The fourth-order valence-corrected chi connectivity index (χ4v) is 6.95. The zero-order chi connectivity index (χ0) is 32.2. The number of aromatic nitrogens is 4. The lowest BCUT2D eigenvalue weighted by Crippen LogP contribution is -2.24. The van der Waals surface area contributed by atoms with Crippen LogP contribution in [0.1, 0.15) is 122 Å². The first-order chi connectivity index (χ1) is 21.8. The fraction of sp³-hybridized carbons (Fsp3) is 0.595. The Morgan fingerprint density at radius 2 is 1.36 bits per heavy atom. The van der Waals surface area contributed by atoms with Gasteiger partial charge >= 0.3 is 0 Å². The predicted molar refractivity (Wildman–Crippen MR) is 190 cm³/mol. The van der Waals surface area contributed by atoms with Gasteiger partial charge in [0.25, 0.3) is 0 Å². The molecule has 1 aromatic carbocycles. The Kier molecular flexibility index (Phi) is 13.1. The van der Waals surface area contributed by atoms with E-state index in [0.29, 0.717) is 17.3 Å². The number of hydrogen-bond donors (Lipinski definition) is 0. The Bertz CT molecular complexity index is 1480. The van der Waals surface area contributed by atoms with E-state index in [0.717, 1.165) is 35.2 Å². The van der Waals surface area contributed by atoms with Crippen LogP contribution in [0.25, 0.3) is 23.1 Å². The molecule has 0 aliphatic carbocycles. The van der Waals surface area contributed by atoms with Gasteiger partial charge in [-0.25, -0.2) is 0 Å². The molecule has 0 aliphatic heterocycles. The molecule has 0 amide bonds. The summed E-state index contributed by atoms with van der Waals surface area (Å²) in [7, 11) is 3.32. The molecule has 45 heavy (non-hydrogen) atoms. The van der Waals surface area contributed by atoms with Gasteiger partial charge in [0.1, 0.15) is 17.1 Å². The van der Waals surface area contributed by atoms with Crippen molar-refractivity contribution in [3.8, 4) is 22.9 Å². The second-order valence-corrected chi connectivity index (χ2v) is 14.2. The van der Waals surface area contributed by atoms with E-state index in [1.807, 2.05) is 34.1 Å². The van der Waals surface area contributed by atoms with Crippen LogP contribution in [0.5, 0.6) is 11.5 Å². The van der Waals surface area contributed by atoms with Crippen molar-refractivity contribution in [3.05, 3.63) is 46.1 Å². The average molecular weight is 634 g/mol. The van der Waals surface area contributed by atoms with Gasteiger partial charge < -0.3 is 14.4 Å². The molecule has 0 radical (unpaired) electrons. The van der Waals surface area contributed by atoms with Gasteiger partial charge in [0.15, 0.2) is 11.5 Å². The van der Waals surface area contributed by atoms with E-state index in [1.54, 1.807) is 14.2 Å². The molecule has 0 atom stereocenters. The molecule has 7 nitrogen and oxygen atoms in total. The summed E-state index contributed by atoms with van der Waals surface area (Å²) >= 11 is 1.87. The molecular formula is C37H55N5O2S. The van der Waals surface area contributed by atoms with Crippen molar-refractivity contribution in [1.82, 2.24) is 19.8 Å². The molecule has 3 heterocycles. The van der Waals surface area contributed by atoms with Crippen LogP contribution in [0.4, 0.5) is 5.00 Å². The first-order valence-electron chi connectivity index (χ1n) is 17.2. The number of methoxy groups -OCH3 is 2. The van der Waals surface area contributed by atoms with E-state index in [-0.39, 0.29) is 5.41 Å². The Labute approximate surface area is 275 Å². The third kappa shape index (κ3) is 8.99. The molecule has 3 aromatic heterocycles. The minimum Gasteiger partial charge on any atom is -0.496 e. The molecule has 0 bridgehead atoms. The van der Waals surface area contributed by atoms with Crippen LogP contribution >= 0.6 is 11.3 Å². The van der Waals surface area contributed by atoms with Crippen molar-refractivity contribution in [1.29, 1.82) is 0 Å². The molecular weight excluding hydrogens is 579 g/mol. The van der Waals surface area contributed by atoms with E-state index < -0.39 is 0 Å². The molecule has 8 heteroatoms. The highest BCUT2D eigenvalue weighted by Gasteiger charge is 2.26. The third-order valence-corrected chi connectivity index (χ3v) is 9.57. The Morgan fingerprint density at radius 3 is 1.91 bits per heavy atom. The third-order valence-electron chi connectivity index (χ3n) is 8.47. The molecule has 4 aromatic rings. The molecule has 0 unspecified atom stereocenters. The Balaban J connectivity index is 1.65. The Morgan fingerprint density at radius 1 is 0.778 bits per heavy atom. The molecule has 0 spiro atoms. The van der Waals surface area contributed by atoms with Crippen LogP contribution in [-0.4, -0.2) is 47.1 Å². The SMILES string of the molecule is CCCCCCCCN(CCCCCCCC)c1ccc(/C=c2/c(C(C)(C)C)nn3c(-c4c(OC)cccc4OC)nnc23)s1. The van der Waals surface area contributed by atoms with E-state index in [4.69, 9.17) is 14.6 Å². The lowest BCUT2D eigenvalue weighted by atomic mass is 9.91. The molecule has 0 fully saturated rings. The zero-order valence-corrected chi connectivity index (χ0v) is 29.6. The number of anilines is 1. The van der Waals surface area contributed by atoms with Crippen LogP contribution in [0, 0.1) is 0 Å². The lowest BCUT2D eigenvalue weighted by molar-refractivity contribution is 0.396. The summed E-state index contributed by atoms with van der Waals surface area (Å²) in [6.45, 7) is 13.4. The van der Waals surface area contributed by atoms with E-state index in [9.17, 15) is 0 Å². The number of unbranched alkanes of at least 4 members (excludes halogenated alkanes) is 10. The summed E-state index contributed by atoms with van der Waals surface area (Å²) in [5.74, 6) is 1.96. The van der Waals surface area contributed by atoms with Gasteiger partial charge in [-0.15, -0.1) is 21.5 Å². The van der Waals surface area contributed by atoms with Crippen molar-refractivity contribution < 1.29 is 9.47 Å². The largest absolute Gasteiger partial charge is 0.496 e. The second kappa shape index (κ2) is 17.0. The predicted octanol–water partition coefficient (Wildman–Crippen LogP) is 9.24. The minimum absolute atomic E-state index is 0.184. The highest BCUT2D eigenvalue weighted by Crippen LogP contribution is 2.37. The highest BCUT2D eigenvalue weighted by atomic mass is 32.1. The average Bonchev–Trinajstić information content (AvgIpc) is 3.75. The number of benzene rings is 1. The maximum absolute atomic E-state index is 5.69. The maximum Gasteiger partial charge on any atom is 0.192 e. The highest BCUT2D eigenvalue weighted by molar-refractivity contribution is 7.16. The quantitative estimate of drug-likeness (QED) is 0.0959. The van der Waals surface area contributed by atoms with Crippen molar-refractivity contribution in [3.63, 3.8) is 0 Å². The van der Waals surface area contributed by atoms with Gasteiger partial charge in [-0.05, 0) is 43.2 Å². The van der Waals surface area contributed by atoms with Crippen LogP contribution in [0.2, 0.25) is 0 Å². The van der Waals surface area contributed by atoms with E-state index >= 15 is 0 Å². The van der Waals surface area contributed by atoms with Gasteiger partial charge in [-0.2, -0.15) is 9.61 Å². The first-order valence-corrected chi connectivity index (χ1v) is 18.0. The van der Waals surface area contributed by atoms with Crippen LogP contribution < -0.4 is 19.6 Å². The maximum atomic E-state index is 5.69. The lowest BCUT2D eigenvalue weighted by Gasteiger charge is -2.23. The van der Waals surface area contributed by atoms with Gasteiger partial charge in [0, 0.05) is 28.6 Å². The topological polar surface area (TPSA) is 64.8 Å². The molecule has 0 saturated heterocycles. The van der Waals surface area contributed by atoms with Gasteiger partial charge in [-0.1, -0.05) is 105 Å². The second-order valence-electron chi connectivity index (χ2n) is 13.2. The Hall–Kier alpha value is -3.13. The number of thiophene rings is 1. The summed E-state index contributed by atoms with van der Waals surface area (Å²) in [5, 5.41) is 16.7. The molecule has 246 valence electrons. The molecule has 0 N–H and O–H groups in total. The van der Waals surface area contributed by atoms with Crippen molar-refractivity contribution >= 4 is 28.1 Å². The van der Waals surface area contributed by atoms with Crippen LogP contribution in [0.15, 0.2) is 30.3 Å². The summed E-state index contributed by atoms with van der Waals surface area (Å²) < 4.78 is 13.2. The number of fused-ring (bicyclic) bond motifs is 1. The summed E-state index contributed by atoms with van der Waals surface area (Å²) in [5.41, 5.74) is 2.30. The number of ether oxygens (including phenoxy) is 2. The number of nitrogens with zero attached hydrogens (tertiary/aromatic N) is 5. The molecule has 4 rings (SSSR count). The summed E-state index contributed by atoms with van der Waals surface area (Å²) in [4.78, 5) is 3.84. The van der Waals surface area contributed by atoms with Crippen LogP contribution in [-0.2, 0) is 5.41 Å². The van der Waals surface area contributed by atoms with Crippen molar-refractivity contribution in [2.75, 3.05) is 32.2 Å². The summed E-state index contributed by atoms with van der Waals surface area (Å²) in [6, 6.07) is 10.3. The summed E-state index contributed by atoms with van der Waals surface area (Å²) in [6.07, 6.45) is 18.1. The first kappa shape index (κ1) is 34.7. The standard InChI is InChI=1S/C37H55N5O2S/c1-8-10-12-14-16-18-25-41(26-19-17-15-13-11-9-2)32-24-23-28(45-32)27-29-34(37(3,4)5)40-42-35(29)38-39-36(42)33-30(43-6)21-20-22-31(33)44-7/h20-24,27H,8-19,25-26H2,1-7H3/b29-27-.